The largest absolute Gasteiger partial charge is 0.481 e. The molecule has 0 radical (unpaired) electrons. The topological polar surface area (TPSA) is 70.8 Å². The number of carbonyl (C=O) groups is 2. The van der Waals surface area contributed by atoms with E-state index in [1.807, 2.05) is 30.3 Å². The highest BCUT2D eigenvalue weighted by Gasteiger charge is 2.41. The maximum atomic E-state index is 12.4. The lowest BCUT2D eigenvalue weighted by Crippen LogP contribution is -2.29. The molecule has 1 N–H and O–H groups in total. The molecule has 22 heavy (non-hydrogen) atoms. The highest BCUT2D eigenvalue weighted by Crippen LogP contribution is 2.33. The van der Waals surface area contributed by atoms with Crippen molar-refractivity contribution >= 4 is 11.9 Å². The standard InChI is InChI=1S/C17H17NO4/c1-11-7-8-15(22-11)16(19)18-9-13(14(10-18)17(20)21)12-5-3-2-4-6-12/h2-8,13-14H,9-10H2,1H3,(H,20,21)/t13-,14-/m0/s1. The first kappa shape index (κ1) is 14.4. The molecule has 5 heteroatoms. The third kappa shape index (κ3) is 2.62. The van der Waals surface area contributed by atoms with Crippen LogP contribution in [-0.2, 0) is 4.79 Å². The molecule has 1 saturated heterocycles. The number of carboxylic acid groups (broad SMARTS) is 1. The molecule has 5 nitrogen and oxygen atoms in total. The molecule has 0 saturated carbocycles. The van der Waals surface area contributed by atoms with Crippen molar-refractivity contribution in [3.63, 3.8) is 0 Å². The van der Waals surface area contributed by atoms with Crippen LogP contribution >= 0.6 is 0 Å². The minimum Gasteiger partial charge on any atom is -0.481 e. The Kier molecular flexibility index (Phi) is 3.71. The van der Waals surface area contributed by atoms with E-state index in [0.717, 1.165) is 5.56 Å². The van der Waals surface area contributed by atoms with Gasteiger partial charge < -0.3 is 14.4 Å². The van der Waals surface area contributed by atoms with Crippen LogP contribution in [0.5, 0.6) is 0 Å². The molecule has 2 heterocycles. The summed E-state index contributed by atoms with van der Waals surface area (Å²) < 4.78 is 5.36. The van der Waals surface area contributed by atoms with E-state index in [4.69, 9.17) is 4.42 Å². The van der Waals surface area contributed by atoms with Crippen molar-refractivity contribution < 1.29 is 19.1 Å². The smallest absolute Gasteiger partial charge is 0.308 e. The van der Waals surface area contributed by atoms with Gasteiger partial charge in [-0.15, -0.1) is 0 Å². The van der Waals surface area contributed by atoms with Gasteiger partial charge in [0.2, 0.25) is 0 Å². The lowest BCUT2D eigenvalue weighted by atomic mass is 9.89. The maximum absolute atomic E-state index is 12.4. The van der Waals surface area contributed by atoms with Gasteiger partial charge in [0, 0.05) is 19.0 Å². The van der Waals surface area contributed by atoms with Crippen LogP contribution in [0.3, 0.4) is 0 Å². The molecule has 114 valence electrons. The van der Waals surface area contributed by atoms with Gasteiger partial charge in [0.25, 0.3) is 5.91 Å². The van der Waals surface area contributed by atoms with E-state index in [9.17, 15) is 14.7 Å². The zero-order valence-corrected chi connectivity index (χ0v) is 12.2. The number of hydrogen-bond donors (Lipinski definition) is 1. The van der Waals surface area contributed by atoms with Gasteiger partial charge in [0.15, 0.2) is 5.76 Å². The zero-order chi connectivity index (χ0) is 15.7. The van der Waals surface area contributed by atoms with Crippen LogP contribution < -0.4 is 0 Å². The lowest BCUT2D eigenvalue weighted by molar-refractivity contribution is -0.141. The van der Waals surface area contributed by atoms with Crippen molar-refractivity contribution in [1.29, 1.82) is 0 Å². The van der Waals surface area contributed by atoms with Crippen molar-refractivity contribution in [1.82, 2.24) is 4.90 Å². The van der Waals surface area contributed by atoms with E-state index in [2.05, 4.69) is 0 Å². The summed E-state index contributed by atoms with van der Waals surface area (Å²) in [5.41, 5.74) is 0.945. The minimum atomic E-state index is -0.875. The SMILES string of the molecule is Cc1ccc(C(=O)N2C[C@H](C(=O)O)[C@H](c3ccccc3)C2)o1. The predicted molar refractivity (Wildman–Crippen MR) is 79.7 cm³/mol. The molecule has 1 aliphatic rings. The van der Waals surface area contributed by atoms with Crippen LogP contribution in [0, 0.1) is 12.8 Å². The zero-order valence-electron chi connectivity index (χ0n) is 12.2. The molecule has 3 rings (SSSR count). The van der Waals surface area contributed by atoms with Crippen molar-refractivity contribution in [3.05, 3.63) is 59.5 Å². The summed E-state index contributed by atoms with van der Waals surface area (Å²) >= 11 is 0. The summed E-state index contributed by atoms with van der Waals surface area (Å²) in [6, 6.07) is 12.8. The number of rotatable bonds is 3. The Bertz CT molecular complexity index is 692. The van der Waals surface area contributed by atoms with E-state index in [-0.39, 0.29) is 24.1 Å². The van der Waals surface area contributed by atoms with Crippen LogP contribution in [-0.4, -0.2) is 35.0 Å². The fraction of sp³-hybridized carbons (Fsp3) is 0.294. The number of likely N-dealkylation sites (tertiary alicyclic amines) is 1. The number of hydrogen-bond acceptors (Lipinski definition) is 3. The van der Waals surface area contributed by atoms with Gasteiger partial charge in [0.05, 0.1) is 5.92 Å². The Morgan fingerprint density at radius 2 is 1.86 bits per heavy atom. The van der Waals surface area contributed by atoms with Crippen LogP contribution in [0.2, 0.25) is 0 Å². The van der Waals surface area contributed by atoms with Gasteiger partial charge in [-0.25, -0.2) is 0 Å². The number of furan rings is 1. The Morgan fingerprint density at radius 1 is 1.14 bits per heavy atom. The molecule has 2 aromatic rings. The first-order chi connectivity index (χ1) is 10.6. The molecule has 1 aliphatic heterocycles. The number of carbonyl (C=O) groups excluding carboxylic acids is 1. The van der Waals surface area contributed by atoms with Crippen LogP contribution in [0.4, 0.5) is 0 Å². The number of aryl methyl sites for hydroxylation is 1. The predicted octanol–water partition coefficient (Wildman–Crippen LogP) is 2.53. The lowest BCUT2D eigenvalue weighted by Gasteiger charge is -2.15. The first-order valence-electron chi connectivity index (χ1n) is 7.19. The fourth-order valence-electron chi connectivity index (χ4n) is 2.96. The van der Waals surface area contributed by atoms with Gasteiger partial charge in [-0.05, 0) is 24.6 Å². The highest BCUT2D eigenvalue weighted by molar-refractivity contribution is 5.92. The van der Waals surface area contributed by atoms with E-state index in [1.165, 1.54) is 0 Å². The molecule has 0 unspecified atom stereocenters. The summed E-state index contributed by atoms with van der Waals surface area (Å²) in [4.78, 5) is 25.5. The van der Waals surface area contributed by atoms with Gasteiger partial charge in [-0.3, -0.25) is 9.59 Å². The molecule has 0 aliphatic carbocycles. The first-order valence-corrected chi connectivity index (χ1v) is 7.19. The number of carboxylic acids is 1. The molecule has 1 amide bonds. The third-order valence-electron chi connectivity index (χ3n) is 4.10. The summed E-state index contributed by atoms with van der Waals surface area (Å²) in [5.74, 6) is -0.994. The highest BCUT2D eigenvalue weighted by atomic mass is 16.4. The van der Waals surface area contributed by atoms with E-state index >= 15 is 0 Å². The van der Waals surface area contributed by atoms with Crippen molar-refractivity contribution in [2.75, 3.05) is 13.1 Å². The van der Waals surface area contributed by atoms with Crippen LogP contribution in [0.1, 0.15) is 27.8 Å². The van der Waals surface area contributed by atoms with E-state index in [0.29, 0.717) is 12.3 Å². The molecular formula is C17H17NO4. The normalized spacial score (nSPS) is 21.0. The Balaban J connectivity index is 1.84. The summed E-state index contributed by atoms with van der Waals surface area (Å²) in [7, 11) is 0. The number of benzene rings is 1. The second kappa shape index (κ2) is 5.67. The van der Waals surface area contributed by atoms with Gasteiger partial charge in [0.1, 0.15) is 5.76 Å². The van der Waals surface area contributed by atoms with Crippen molar-refractivity contribution in [3.8, 4) is 0 Å². The fourth-order valence-corrected chi connectivity index (χ4v) is 2.96. The molecule has 2 atom stereocenters. The second-order valence-electron chi connectivity index (χ2n) is 5.58. The van der Waals surface area contributed by atoms with Crippen molar-refractivity contribution in [2.24, 2.45) is 5.92 Å². The van der Waals surface area contributed by atoms with Crippen molar-refractivity contribution in [2.45, 2.75) is 12.8 Å². The van der Waals surface area contributed by atoms with Gasteiger partial charge in [-0.2, -0.15) is 0 Å². The van der Waals surface area contributed by atoms with E-state index < -0.39 is 11.9 Å². The van der Waals surface area contributed by atoms with E-state index in [1.54, 1.807) is 24.0 Å². The third-order valence-corrected chi connectivity index (χ3v) is 4.10. The number of nitrogens with zero attached hydrogens (tertiary/aromatic N) is 1. The van der Waals surface area contributed by atoms with Gasteiger partial charge >= 0.3 is 5.97 Å². The summed E-state index contributed by atoms with van der Waals surface area (Å²) in [5, 5.41) is 9.46. The summed E-state index contributed by atoms with van der Waals surface area (Å²) in [6.07, 6.45) is 0. The monoisotopic (exact) mass is 299 g/mol. The van der Waals surface area contributed by atoms with Crippen LogP contribution in [0.25, 0.3) is 0 Å². The second-order valence-corrected chi connectivity index (χ2v) is 5.58. The molecule has 0 spiro atoms. The quantitative estimate of drug-likeness (QED) is 0.945. The molecule has 0 bridgehead atoms. The average Bonchev–Trinajstić information content (AvgIpc) is 3.14. The Morgan fingerprint density at radius 3 is 2.45 bits per heavy atom. The van der Waals surface area contributed by atoms with Gasteiger partial charge in [-0.1, -0.05) is 30.3 Å². The molecule has 1 aromatic heterocycles. The Labute approximate surface area is 128 Å². The molecular weight excluding hydrogens is 282 g/mol. The average molecular weight is 299 g/mol. The number of amides is 1. The summed E-state index contributed by atoms with van der Waals surface area (Å²) in [6.45, 7) is 2.36. The van der Waals surface area contributed by atoms with Crippen LogP contribution in [0.15, 0.2) is 46.9 Å². The molecule has 1 fully saturated rings. The molecule has 1 aromatic carbocycles. The Hall–Kier alpha value is -2.56. The maximum Gasteiger partial charge on any atom is 0.308 e. The minimum absolute atomic E-state index is 0.196. The number of aliphatic carboxylic acids is 1.